The number of hydrogen-bond acceptors (Lipinski definition) is 6. The Morgan fingerprint density at radius 3 is 2.41 bits per heavy atom. The molecule has 0 aliphatic heterocycles. The van der Waals surface area contributed by atoms with Crippen molar-refractivity contribution in [3.63, 3.8) is 0 Å². The van der Waals surface area contributed by atoms with E-state index < -0.39 is 0 Å². The highest BCUT2D eigenvalue weighted by atomic mass is 33.1. The van der Waals surface area contributed by atoms with Crippen LogP contribution in [0.25, 0.3) is 0 Å². The number of amides is 2. The average Bonchev–Trinajstić information content (AvgIpc) is 2.59. The molecule has 0 aromatic heterocycles. The maximum atomic E-state index is 11.5. The van der Waals surface area contributed by atoms with Crippen LogP contribution in [0.5, 0.6) is 0 Å². The Morgan fingerprint density at radius 2 is 1.81 bits per heavy atom. The van der Waals surface area contributed by atoms with Crippen molar-refractivity contribution in [1.82, 2.24) is 10.6 Å². The number of carbonyl (C=O) groups is 2. The number of carbonyl (C=O) groups excluding carboxylic acids is 2. The molecule has 0 radical (unpaired) electrons. The van der Waals surface area contributed by atoms with Crippen LogP contribution in [0.3, 0.4) is 0 Å². The van der Waals surface area contributed by atoms with Crippen molar-refractivity contribution < 1.29 is 19.1 Å². The third-order valence-corrected chi connectivity index (χ3v) is 5.56. The molecular formula is C19H36N2O4S2. The van der Waals surface area contributed by atoms with E-state index in [-0.39, 0.29) is 23.4 Å². The van der Waals surface area contributed by atoms with Crippen LogP contribution < -0.4 is 10.6 Å². The van der Waals surface area contributed by atoms with Crippen molar-refractivity contribution in [3.8, 4) is 11.8 Å². The lowest BCUT2D eigenvalue weighted by molar-refractivity contribution is -0.126. The van der Waals surface area contributed by atoms with Crippen molar-refractivity contribution in [2.24, 2.45) is 5.92 Å². The van der Waals surface area contributed by atoms with Gasteiger partial charge in [-0.25, -0.2) is 0 Å². The normalized spacial score (nSPS) is 10.4. The van der Waals surface area contributed by atoms with Crippen LogP contribution in [-0.2, 0) is 19.1 Å². The summed E-state index contributed by atoms with van der Waals surface area (Å²) in [6, 6.07) is 0. The number of nitrogens with one attached hydrogen (secondary N) is 2. The van der Waals surface area contributed by atoms with Gasteiger partial charge in [-0.15, -0.1) is 0 Å². The maximum absolute atomic E-state index is 11.5. The SMILES string of the molecule is CC.CC(=O)NCCSSC(C)(C)OCCOCC(=O)NCC#CC(C)C. The zero-order valence-electron chi connectivity index (χ0n) is 17.8. The highest BCUT2D eigenvalue weighted by molar-refractivity contribution is 8.77. The smallest absolute Gasteiger partial charge is 0.246 e. The molecule has 27 heavy (non-hydrogen) atoms. The zero-order valence-corrected chi connectivity index (χ0v) is 19.4. The molecule has 0 rings (SSSR count). The van der Waals surface area contributed by atoms with E-state index in [0.717, 1.165) is 5.75 Å². The Kier molecular flexibility index (Phi) is 19.4. The van der Waals surface area contributed by atoms with Crippen molar-refractivity contribution >= 4 is 33.4 Å². The Morgan fingerprint density at radius 1 is 1.15 bits per heavy atom. The second kappa shape index (κ2) is 18.5. The molecule has 0 bridgehead atoms. The van der Waals surface area contributed by atoms with Crippen molar-refractivity contribution in [2.45, 2.75) is 53.4 Å². The first-order valence-corrected chi connectivity index (χ1v) is 11.6. The van der Waals surface area contributed by atoms with Crippen LogP contribution in [0.15, 0.2) is 0 Å². The first-order chi connectivity index (χ1) is 12.7. The van der Waals surface area contributed by atoms with E-state index >= 15 is 0 Å². The average molecular weight is 421 g/mol. The lowest BCUT2D eigenvalue weighted by Crippen LogP contribution is -2.29. The molecule has 158 valence electrons. The van der Waals surface area contributed by atoms with Gasteiger partial charge in [-0.2, -0.15) is 0 Å². The van der Waals surface area contributed by atoms with Gasteiger partial charge in [0, 0.05) is 25.1 Å². The van der Waals surface area contributed by atoms with Crippen molar-refractivity contribution in [3.05, 3.63) is 0 Å². The third kappa shape index (κ3) is 23.1. The summed E-state index contributed by atoms with van der Waals surface area (Å²) in [5.74, 6) is 6.77. The highest BCUT2D eigenvalue weighted by Gasteiger charge is 2.19. The molecule has 8 heteroatoms. The summed E-state index contributed by atoms with van der Waals surface area (Å²) in [6.45, 7) is 15.2. The first kappa shape index (κ1) is 28.3. The van der Waals surface area contributed by atoms with Gasteiger partial charge in [0.05, 0.1) is 19.8 Å². The molecule has 0 saturated carbocycles. The van der Waals surface area contributed by atoms with Crippen LogP contribution in [0.2, 0.25) is 0 Å². The highest BCUT2D eigenvalue weighted by Crippen LogP contribution is 2.36. The summed E-state index contributed by atoms with van der Waals surface area (Å²) in [6.07, 6.45) is 0. The van der Waals surface area contributed by atoms with Gasteiger partial charge < -0.3 is 20.1 Å². The zero-order chi connectivity index (χ0) is 21.1. The van der Waals surface area contributed by atoms with Gasteiger partial charge in [0.25, 0.3) is 0 Å². The lowest BCUT2D eigenvalue weighted by Gasteiger charge is -2.23. The summed E-state index contributed by atoms with van der Waals surface area (Å²) in [5.41, 5.74) is 0. The van der Waals surface area contributed by atoms with Crippen LogP contribution in [-0.4, -0.2) is 55.4 Å². The summed E-state index contributed by atoms with van der Waals surface area (Å²) < 4.78 is 11.0. The summed E-state index contributed by atoms with van der Waals surface area (Å²) in [5, 5.41) is 5.42. The summed E-state index contributed by atoms with van der Waals surface area (Å²) >= 11 is 0. The molecule has 0 saturated heterocycles. The van der Waals surface area contributed by atoms with Gasteiger partial charge in [0.2, 0.25) is 11.8 Å². The quantitative estimate of drug-likeness (QED) is 0.219. The Hall–Kier alpha value is -0.880. The fraction of sp³-hybridized carbons (Fsp3) is 0.789. The molecule has 0 heterocycles. The summed E-state index contributed by atoms with van der Waals surface area (Å²) in [4.78, 5) is 21.9. The largest absolute Gasteiger partial charge is 0.369 e. The van der Waals surface area contributed by atoms with Crippen LogP contribution in [0.4, 0.5) is 0 Å². The third-order valence-electron chi connectivity index (χ3n) is 2.49. The van der Waals surface area contributed by atoms with Gasteiger partial charge in [0.1, 0.15) is 11.5 Å². The fourth-order valence-corrected chi connectivity index (χ4v) is 3.62. The van der Waals surface area contributed by atoms with E-state index in [1.165, 1.54) is 6.92 Å². The molecule has 0 spiro atoms. The minimum absolute atomic E-state index is 0.00571. The van der Waals surface area contributed by atoms with E-state index in [0.29, 0.717) is 32.2 Å². The molecule has 6 nitrogen and oxygen atoms in total. The molecule has 0 aromatic rings. The van der Waals surface area contributed by atoms with Crippen LogP contribution in [0, 0.1) is 17.8 Å². The standard InChI is InChI=1S/C17H30N2O4S2.C2H6/c1-14(2)7-6-8-19-16(21)13-22-10-11-23-17(4,5)25-24-12-9-18-15(3)20;1-2/h14H,8-13H2,1-5H3,(H,18,20)(H,19,21);1-2H3. The van der Waals surface area contributed by atoms with Crippen molar-refractivity contribution in [2.75, 3.05) is 38.7 Å². The molecule has 0 atom stereocenters. The van der Waals surface area contributed by atoms with Gasteiger partial charge in [-0.05, 0) is 13.8 Å². The van der Waals surface area contributed by atoms with Crippen LogP contribution in [0.1, 0.15) is 48.5 Å². The monoisotopic (exact) mass is 420 g/mol. The van der Waals surface area contributed by atoms with Gasteiger partial charge in [0.15, 0.2) is 0 Å². The first-order valence-electron chi connectivity index (χ1n) is 9.25. The van der Waals surface area contributed by atoms with E-state index in [1.54, 1.807) is 21.6 Å². The van der Waals surface area contributed by atoms with E-state index in [9.17, 15) is 9.59 Å². The maximum Gasteiger partial charge on any atom is 0.246 e. The predicted octanol–water partition coefficient (Wildman–Crippen LogP) is 3.08. The van der Waals surface area contributed by atoms with Gasteiger partial charge >= 0.3 is 0 Å². The Balaban J connectivity index is 0. The number of hydrogen-bond donors (Lipinski definition) is 2. The molecule has 0 aliphatic carbocycles. The number of rotatable bonds is 12. The second-order valence-corrected chi connectivity index (χ2v) is 8.94. The Bertz CT molecular complexity index is 460. The lowest BCUT2D eigenvalue weighted by atomic mass is 10.2. The molecule has 0 fully saturated rings. The molecule has 0 aromatic carbocycles. The molecular weight excluding hydrogens is 384 g/mol. The molecule has 0 unspecified atom stereocenters. The van der Waals surface area contributed by atoms with E-state index in [4.69, 9.17) is 9.47 Å². The minimum atomic E-state index is -0.362. The second-order valence-electron chi connectivity index (χ2n) is 5.94. The molecule has 0 aliphatic rings. The molecule has 2 N–H and O–H groups in total. The summed E-state index contributed by atoms with van der Waals surface area (Å²) in [7, 11) is 3.25. The molecule has 2 amide bonds. The minimum Gasteiger partial charge on any atom is -0.369 e. The number of ether oxygens (including phenoxy) is 2. The van der Waals surface area contributed by atoms with Crippen molar-refractivity contribution in [1.29, 1.82) is 0 Å². The van der Waals surface area contributed by atoms with Gasteiger partial charge in [-0.3, -0.25) is 9.59 Å². The predicted molar refractivity (Wildman–Crippen MR) is 117 cm³/mol. The topological polar surface area (TPSA) is 76.7 Å². The van der Waals surface area contributed by atoms with Crippen LogP contribution >= 0.6 is 21.6 Å². The fourth-order valence-electron chi connectivity index (χ4n) is 1.44. The van der Waals surface area contributed by atoms with E-state index in [2.05, 4.69) is 22.5 Å². The van der Waals surface area contributed by atoms with Gasteiger partial charge in [-0.1, -0.05) is 61.1 Å². The Labute approximate surface area is 173 Å². The van der Waals surface area contributed by atoms with E-state index in [1.807, 2.05) is 41.5 Å².